The van der Waals surface area contributed by atoms with Crippen molar-refractivity contribution in [1.82, 2.24) is 0 Å². The van der Waals surface area contributed by atoms with E-state index in [1.807, 2.05) is 12.1 Å². The molecule has 0 N–H and O–H groups in total. The Labute approximate surface area is 133 Å². The zero-order valence-electron chi connectivity index (χ0n) is 12.2. The second-order valence-electron chi connectivity index (χ2n) is 4.99. The highest BCUT2D eigenvalue weighted by Gasteiger charge is 2.37. The minimum absolute atomic E-state index is 0.0790. The van der Waals surface area contributed by atoms with Gasteiger partial charge in [-0.05, 0) is 17.7 Å². The number of carbonyl (C=O) groups is 2. The van der Waals surface area contributed by atoms with Crippen LogP contribution in [0.5, 0.6) is 0 Å². The molecule has 0 radical (unpaired) electrons. The molecule has 3 rings (SSSR count). The molecule has 4 heteroatoms. The summed E-state index contributed by atoms with van der Waals surface area (Å²) in [4.78, 5) is 26.3. The molecule has 0 bridgehead atoms. The second kappa shape index (κ2) is 5.74. The lowest BCUT2D eigenvalue weighted by Gasteiger charge is -2.28. The molecule has 1 heterocycles. The topological polar surface area (TPSA) is 61.2 Å². The van der Waals surface area contributed by atoms with E-state index in [0.29, 0.717) is 16.8 Å². The van der Waals surface area contributed by atoms with Crippen LogP contribution in [0.1, 0.15) is 5.56 Å². The van der Waals surface area contributed by atoms with Gasteiger partial charge in [0.25, 0.3) is 11.8 Å². The molecule has 1 aliphatic rings. The van der Waals surface area contributed by atoms with Gasteiger partial charge in [-0.3, -0.25) is 9.59 Å². The number of hydrogen-bond acceptors (Lipinski definition) is 3. The van der Waals surface area contributed by atoms with Crippen molar-refractivity contribution in [3.05, 3.63) is 84.0 Å². The molecule has 0 fully saturated rings. The molecule has 2 aromatic carbocycles. The van der Waals surface area contributed by atoms with E-state index in [4.69, 9.17) is 0 Å². The molecular formula is C19H12N2O2. The average molecular weight is 300 g/mol. The molecule has 110 valence electrons. The first-order valence-electron chi connectivity index (χ1n) is 6.98. The molecule has 0 aliphatic carbocycles. The van der Waals surface area contributed by atoms with Crippen molar-refractivity contribution in [1.29, 1.82) is 5.26 Å². The summed E-state index contributed by atoms with van der Waals surface area (Å²) < 4.78 is 0. The maximum absolute atomic E-state index is 12.7. The lowest BCUT2D eigenvalue weighted by molar-refractivity contribution is -0.122. The van der Waals surface area contributed by atoms with Crippen LogP contribution in [0.3, 0.4) is 0 Å². The highest BCUT2D eigenvalue weighted by molar-refractivity contribution is 6.37. The number of amides is 2. The molecule has 1 aliphatic heterocycles. The number of anilines is 1. The fourth-order valence-electron chi connectivity index (χ4n) is 2.54. The summed E-state index contributed by atoms with van der Waals surface area (Å²) in [6, 6.07) is 19.3. The van der Waals surface area contributed by atoms with E-state index in [9.17, 15) is 14.9 Å². The molecule has 2 amide bonds. The van der Waals surface area contributed by atoms with Crippen molar-refractivity contribution in [2.45, 2.75) is 0 Å². The number of rotatable bonds is 2. The number of hydrogen-bond donors (Lipinski definition) is 0. The molecular weight excluding hydrogens is 288 g/mol. The van der Waals surface area contributed by atoms with Gasteiger partial charge >= 0.3 is 0 Å². The highest BCUT2D eigenvalue weighted by atomic mass is 16.2. The highest BCUT2D eigenvalue weighted by Crippen LogP contribution is 2.34. The predicted octanol–water partition coefficient (Wildman–Crippen LogP) is 3.09. The predicted molar refractivity (Wildman–Crippen MR) is 87.1 cm³/mol. The Morgan fingerprint density at radius 2 is 1.43 bits per heavy atom. The van der Waals surface area contributed by atoms with Crippen molar-refractivity contribution in [3.63, 3.8) is 0 Å². The molecule has 2 aromatic rings. The largest absolute Gasteiger partial charge is 0.276 e. The van der Waals surface area contributed by atoms with Gasteiger partial charge in [0.2, 0.25) is 0 Å². The zero-order valence-corrected chi connectivity index (χ0v) is 12.2. The van der Waals surface area contributed by atoms with Crippen LogP contribution >= 0.6 is 0 Å². The van der Waals surface area contributed by atoms with E-state index in [-0.39, 0.29) is 11.1 Å². The van der Waals surface area contributed by atoms with Crippen LogP contribution < -0.4 is 4.90 Å². The number of benzene rings is 2. The Kier molecular flexibility index (Phi) is 3.62. The first-order chi connectivity index (χ1) is 11.1. The van der Waals surface area contributed by atoms with Crippen LogP contribution in [-0.4, -0.2) is 11.8 Å². The normalized spacial score (nSPS) is 14.9. The Balaban J connectivity index is 2.20. The van der Waals surface area contributed by atoms with E-state index >= 15 is 0 Å². The van der Waals surface area contributed by atoms with Crippen molar-refractivity contribution in [2.24, 2.45) is 0 Å². The number of para-hydroxylation sites is 1. The van der Waals surface area contributed by atoms with Crippen LogP contribution in [0.2, 0.25) is 0 Å². The molecule has 0 aromatic heterocycles. The molecule has 0 atom stereocenters. The second-order valence-corrected chi connectivity index (χ2v) is 4.99. The lowest BCUT2D eigenvalue weighted by atomic mass is 9.89. The zero-order chi connectivity index (χ0) is 16.4. The van der Waals surface area contributed by atoms with E-state index < -0.39 is 11.8 Å². The van der Waals surface area contributed by atoms with Gasteiger partial charge < -0.3 is 0 Å². The standard InChI is InChI=1S/C19H12N2O2/c1-13-17(14-8-4-2-5-9-14)16(12-20)19(23)21(18(13)22)15-10-6-3-7-11-15/h2-11H,1H2. The van der Waals surface area contributed by atoms with E-state index in [0.717, 1.165) is 4.90 Å². The first-order valence-corrected chi connectivity index (χ1v) is 6.98. The van der Waals surface area contributed by atoms with Gasteiger partial charge in [0.1, 0.15) is 11.6 Å². The summed E-state index contributed by atoms with van der Waals surface area (Å²) >= 11 is 0. The summed E-state index contributed by atoms with van der Waals surface area (Å²) in [5.74, 6) is -1.14. The molecule has 4 nitrogen and oxygen atoms in total. The summed E-state index contributed by atoms with van der Waals surface area (Å²) in [6.07, 6.45) is 0. The summed E-state index contributed by atoms with van der Waals surface area (Å²) in [5, 5.41) is 9.45. The van der Waals surface area contributed by atoms with Crippen LogP contribution in [-0.2, 0) is 9.59 Å². The Morgan fingerprint density at radius 1 is 0.870 bits per heavy atom. The van der Waals surface area contributed by atoms with Crippen molar-refractivity contribution >= 4 is 23.1 Å². The monoisotopic (exact) mass is 300 g/mol. The summed E-state index contributed by atoms with van der Waals surface area (Å²) in [5.41, 5.74) is 1.41. The lowest BCUT2D eigenvalue weighted by Crippen LogP contribution is -2.42. The average Bonchev–Trinajstić information content (AvgIpc) is 2.59. The maximum atomic E-state index is 12.7. The molecule has 0 saturated heterocycles. The first kappa shape index (κ1) is 14.5. The van der Waals surface area contributed by atoms with Gasteiger partial charge in [0.05, 0.1) is 5.69 Å². The summed E-state index contributed by atoms with van der Waals surface area (Å²) in [6.45, 7) is 3.81. The minimum atomic E-state index is -0.630. The summed E-state index contributed by atoms with van der Waals surface area (Å²) in [7, 11) is 0. The van der Waals surface area contributed by atoms with Crippen LogP contribution in [0.25, 0.3) is 5.57 Å². The van der Waals surface area contributed by atoms with Gasteiger partial charge in [0, 0.05) is 11.1 Å². The Hall–Kier alpha value is -3.45. The van der Waals surface area contributed by atoms with Gasteiger partial charge in [0.15, 0.2) is 0 Å². The third-order valence-electron chi connectivity index (χ3n) is 3.62. The van der Waals surface area contributed by atoms with E-state index in [1.165, 1.54) is 0 Å². The maximum Gasteiger partial charge on any atom is 0.276 e. The third kappa shape index (κ3) is 2.34. The Morgan fingerprint density at radius 3 is 2.00 bits per heavy atom. The van der Waals surface area contributed by atoms with Crippen molar-refractivity contribution in [2.75, 3.05) is 4.90 Å². The van der Waals surface area contributed by atoms with Crippen LogP contribution in [0.4, 0.5) is 5.69 Å². The smallest absolute Gasteiger partial charge is 0.268 e. The van der Waals surface area contributed by atoms with Crippen molar-refractivity contribution < 1.29 is 9.59 Å². The SMILES string of the molecule is C=C1C(=O)N(c2ccccc2)C(=O)C(C#N)=C1c1ccccc1. The van der Waals surface area contributed by atoms with Gasteiger partial charge in [-0.1, -0.05) is 55.1 Å². The third-order valence-corrected chi connectivity index (χ3v) is 3.62. The number of nitrogens with zero attached hydrogens (tertiary/aromatic N) is 2. The quantitative estimate of drug-likeness (QED) is 0.632. The van der Waals surface area contributed by atoms with Crippen LogP contribution in [0.15, 0.2) is 78.4 Å². The van der Waals surface area contributed by atoms with E-state index in [1.54, 1.807) is 54.6 Å². The molecule has 0 spiro atoms. The number of carbonyl (C=O) groups excluding carboxylic acids is 2. The fourth-order valence-corrected chi connectivity index (χ4v) is 2.54. The molecule has 0 unspecified atom stereocenters. The Bertz CT molecular complexity index is 875. The van der Waals surface area contributed by atoms with Crippen molar-refractivity contribution in [3.8, 4) is 6.07 Å². The fraction of sp³-hybridized carbons (Fsp3) is 0. The number of imide groups is 1. The minimum Gasteiger partial charge on any atom is -0.268 e. The molecule has 0 saturated carbocycles. The molecule has 23 heavy (non-hydrogen) atoms. The van der Waals surface area contributed by atoms with Gasteiger partial charge in [-0.25, -0.2) is 4.90 Å². The van der Waals surface area contributed by atoms with Gasteiger partial charge in [-0.15, -0.1) is 0 Å². The van der Waals surface area contributed by atoms with Crippen LogP contribution in [0, 0.1) is 11.3 Å². The number of nitriles is 1. The van der Waals surface area contributed by atoms with Gasteiger partial charge in [-0.2, -0.15) is 5.26 Å². The van der Waals surface area contributed by atoms with E-state index in [2.05, 4.69) is 6.58 Å².